The summed E-state index contributed by atoms with van der Waals surface area (Å²) in [6.07, 6.45) is 4.02. The molecule has 242 valence electrons. The molecule has 13 nitrogen and oxygen atoms in total. The zero-order valence-corrected chi connectivity index (χ0v) is 26.6. The van der Waals surface area contributed by atoms with Gasteiger partial charge in [-0.05, 0) is 38.8 Å². The number of ketones is 1. The first kappa shape index (κ1) is 36.4. The van der Waals surface area contributed by atoms with Crippen LogP contribution in [0.15, 0.2) is 46.9 Å². The Balaban J connectivity index is 2.00. The standard InChI is InChI=1S/C31H45N5O8/c1-20(2)30(34-25(7)38)22(4)24(6)42-19-27(18-41-14-11-28(39)23(5)31(40)43-16-21(3)37)35-44-17-26-9-10-29(32-15-26)36-13-8-12-33-36/h8-10,12-13,15,20-24,37H,11,14,16-19H2,1-7H3/b34-30?,35-27-. The summed E-state index contributed by atoms with van der Waals surface area (Å²) < 4.78 is 18.3. The van der Waals surface area contributed by atoms with Crippen LogP contribution in [0.2, 0.25) is 0 Å². The summed E-state index contributed by atoms with van der Waals surface area (Å²) in [5.41, 5.74) is 1.98. The van der Waals surface area contributed by atoms with E-state index in [0.29, 0.717) is 11.5 Å². The van der Waals surface area contributed by atoms with Crippen molar-refractivity contribution in [2.45, 2.75) is 73.7 Å². The number of aliphatic hydroxyl groups is 1. The SMILES string of the molecule is CC(=O)N=C(C(C)C)C(C)C(C)OC/C(COCCC(=O)C(C)C(=O)OCC(C)O)=N\OCc1ccc(-n2cccn2)nc1. The number of aromatic nitrogens is 3. The first-order valence-corrected chi connectivity index (χ1v) is 14.7. The molecule has 0 bridgehead atoms. The minimum Gasteiger partial charge on any atom is -0.462 e. The first-order chi connectivity index (χ1) is 20.9. The van der Waals surface area contributed by atoms with Crippen molar-refractivity contribution in [3.05, 3.63) is 42.4 Å². The molecule has 0 fully saturated rings. The highest BCUT2D eigenvalue weighted by Gasteiger charge is 2.24. The highest BCUT2D eigenvalue weighted by Crippen LogP contribution is 2.16. The molecule has 1 amide bonds. The van der Waals surface area contributed by atoms with Gasteiger partial charge in [0.1, 0.15) is 30.6 Å². The number of carbonyl (C=O) groups is 3. The molecule has 2 heterocycles. The second kappa shape index (κ2) is 18.8. The van der Waals surface area contributed by atoms with Gasteiger partial charge in [0.25, 0.3) is 0 Å². The number of amides is 1. The molecule has 0 aliphatic carbocycles. The second-order valence-corrected chi connectivity index (χ2v) is 10.9. The molecule has 0 saturated heterocycles. The fraction of sp³-hybridized carbons (Fsp3) is 0.581. The fourth-order valence-corrected chi connectivity index (χ4v) is 3.92. The quantitative estimate of drug-likeness (QED) is 0.0815. The average Bonchev–Trinajstić information content (AvgIpc) is 3.53. The third kappa shape index (κ3) is 12.8. The number of ether oxygens (including phenoxy) is 3. The number of oxime groups is 1. The molecule has 0 aromatic carbocycles. The van der Waals surface area contributed by atoms with E-state index in [0.717, 1.165) is 11.3 Å². The van der Waals surface area contributed by atoms with Crippen molar-refractivity contribution in [3.63, 3.8) is 0 Å². The number of aliphatic imine (C=N–C) groups is 1. The molecule has 2 rings (SSSR count). The van der Waals surface area contributed by atoms with Crippen molar-refractivity contribution < 1.29 is 38.5 Å². The van der Waals surface area contributed by atoms with Crippen molar-refractivity contribution in [2.24, 2.45) is 27.9 Å². The highest BCUT2D eigenvalue weighted by atomic mass is 16.6. The van der Waals surface area contributed by atoms with Gasteiger partial charge in [-0.25, -0.2) is 14.7 Å². The zero-order valence-electron chi connectivity index (χ0n) is 26.6. The maximum Gasteiger partial charge on any atom is 0.316 e. The van der Waals surface area contributed by atoms with Crippen molar-refractivity contribution in [1.82, 2.24) is 14.8 Å². The Morgan fingerprint density at radius 2 is 1.82 bits per heavy atom. The predicted molar refractivity (Wildman–Crippen MR) is 163 cm³/mol. The Morgan fingerprint density at radius 3 is 2.41 bits per heavy atom. The van der Waals surface area contributed by atoms with Crippen LogP contribution in [-0.2, 0) is 40.0 Å². The Labute approximate surface area is 258 Å². The van der Waals surface area contributed by atoms with Gasteiger partial charge in [-0.15, -0.1) is 0 Å². The summed E-state index contributed by atoms with van der Waals surface area (Å²) in [4.78, 5) is 50.2. The van der Waals surface area contributed by atoms with Crippen molar-refractivity contribution >= 4 is 29.1 Å². The Bertz CT molecular complexity index is 1240. The van der Waals surface area contributed by atoms with E-state index < -0.39 is 18.0 Å². The third-order valence-corrected chi connectivity index (χ3v) is 6.60. The normalized spacial score (nSPS) is 15.0. The molecular formula is C31H45N5O8. The summed E-state index contributed by atoms with van der Waals surface area (Å²) in [5, 5.41) is 17.7. The maximum absolute atomic E-state index is 12.4. The molecule has 0 radical (unpaired) electrons. The van der Waals surface area contributed by atoms with Gasteiger partial charge < -0.3 is 24.2 Å². The largest absolute Gasteiger partial charge is 0.462 e. The van der Waals surface area contributed by atoms with Crippen LogP contribution in [0, 0.1) is 17.8 Å². The van der Waals surface area contributed by atoms with E-state index >= 15 is 0 Å². The molecule has 0 spiro atoms. The van der Waals surface area contributed by atoms with Gasteiger partial charge in [-0.2, -0.15) is 5.10 Å². The molecule has 0 aliphatic rings. The van der Waals surface area contributed by atoms with Crippen LogP contribution < -0.4 is 0 Å². The molecule has 44 heavy (non-hydrogen) atoms. The summed E-state index contributed by atoms with van der Waals surface area (Å²) in [6.45, 7) is 12.3. The van der Waals surface area contributed by atoms with E-state index in [9.17, 15) is 19.5 Å². The second-order valence-electron chi connectivity index (χ2n) is 10.9. The minimum atomic E-state index is -0.973. The average molecular weight is 616 g/mol. The minimum absolute atomic E-state index is 0.0130. The van der Waals surface area contributed by atoms with Crippen LogP contribution >= 0.6 is 0 Å². The van der Waals surface area contributed by atoms with Gasteiger partial charge in [0.15, 0.2) is 5.82 Å². The fourth-order valence-electron chi connectivity index (χ4n) is 3.92. The Hall–Kier alpha value is -3.81. The van der Waals surface area contributed by atoms with Crippen LogP contribution in [-0.4, -0.2) is 87.6 Å². The number of Topliss-reactive ketones (excluding diaryl/α,β-unsaturated/α-hetero) is 1. The smallest absolute Gasteiger partial charge is 0.316 e. The van der Waals surface area contributed by atoms with Crippen molar-refractivity contribution in [1.29, 1.82) is 0 Å². The van der Waals surface area contributed by atoms with Crippen LogP contribution in [0.4, 0.5) is 0 Å². The van der Waals surface area contributed by atoms with E-state index in [2.05, 4.69) is 20.2 Å². The highest BCUT2D eigenvalue weighted by molar-refractivity contribution is 5.98. The Morgan fingerprint density at radius 1 is 1.07 bits per heavy atom. The lowest BCUT2D eigenvalue weighted by molar-refractivity contribution is -0.153. The first-order valence-electron chi connectivity index (χ1n) is 14.7. The van der Waals surface area contributed by atoms with Gasteiger partial charge >= 0.3 is 5.97 Å². The van der Waals surface area contributed by atoms with Gasteiger partial charge in [-0.3, -0.25) is 14.4 Å². The zero-order chi connectivity index (χ0) is 32.6. The molecule has 0 saturated carbocycles. The monoisotopic (exact) mass is 615 g/mol. The van der Waals surface area contributed by atoms with E-state index in [1.54, 1.807) is 23.3 Å². The summed E-state index contributed by atoms with van der Waals surface area (Å²) in [5.74, 6) is -1.66. The third-order valence-electron chi connectivity index (χ3n) is 6.60. The molecule has 1 N–H and O–H groups in total. The topological polar surface area (TPSA) is 164 Å². The number of aliphatic hydroxyl groups excluding tert-OH is 1. The molecule has 4 unspecified atom stereocenters. The predicted octanol–water partition coefficient (Wildman–Crippen LogP) is 3.36. The maximum atomic E-state index is 12.4. The number of carbonyl (C=O) groups excluding carboxylic acids is 3. The summed E-state index contributed by atoms with van der Waals surface area (Å²) >= 11 is 0. The molecule has 13 heteroatoms. The number of hydrogen-bond acceptors (Lipinski definition) is 11. The number of rotatable bonds is 19. The summed E-state index contributed by atoms with van der Waals surface area (Å²) in [6, 6.07) is 5.49. The van der Waals surface area contributed by atoms with Crippen LogP contribution in [0.5, 0.6) is 0 Å². The van der Waals surface area contributed by atoms with E-state index in [1.165, 1.54) is 20.8 Å². The van der Waals surface area contributed by atoms with Crippen molar-refractivity contribution in [2.75, 3.05) is 26.4 Å². The van der Waals surface area contributed by atoms with Crippen molar-refractivity contribution in [3.8, 4) is 5.82 Å². The molecule has 2 aromatic rings. The number of esters is 1. The van der Waals surface area contributed by atoms with Gasteiger partial charge in [0.2, 0.25) is 5.91 Å². The number of pyridine rings is 1. The molecule has 4 atom stereocenters. The Kier molecular flexibility index (Phi) is 15.5. The van der Waals surface area contributed by atoms with E-state index in [-0.39, 0.29) is 69.1 Å². The van der Waals surface area contributed by atoms with Gasteiger partial charge in [-0.1, -0.05) is 32.0 Å². The van der Waals surface area contributed by atoms with Crippen LogP contribution in [0.25, 0.3) is 5.82 Å². The van der Waals surface area contributed by atoms with Crippen LogP contribution in [0.3, 0.4) is 0 Å². The number of hydrogen-bond donors (Lipinski definition) is 1. The molecular weight excluding hydrogens is 570 g/mol. The lowest BCUT2D eigenvalue weighted by atomic mass is 9.91. The van der Waals surface area contributed by atoms with Crippen LogP contribution in [0.1, 0.15) is 60.5 Å². The number of nitrogens with zero attached hydrogens (tertiary/aromatic N) is 5. The summed E-state index contributed by atoms with van der Waals surface area (Å²) in [7, 11) is 0. The molecule has 0 aliphatic heterocycles. The lowest BCUT2D eigenvalue weighted by Crippen LogP contribution is -2.32. The van der Waals surface area contributed by atoms with Gasteiger partial charge in [0, 0.05) is 49.1 Å². The molecule has 2 aromatic heterocycles. The van der Waals surface area contributed by atoms with E-state index in [1.807, 2.05) is 45.9 Å². The van der Waals surface area contributed by atoms with E-state index in [4.69, 9.17) is 19.0 Å². The van der Waals surface area contributed by atoms with Gasteiger partial charge in [0.05, 0.1) is 32.0 Å². The lowest BCUT2D eigenvalue weighted by Gasteiger charge is -2.24.